The van der Waals surface area contributed by atoms with Crippen LogP contribution in [0.5, 0.6) is 5.75 Å². The van der Waals surface area contributed by atoms with Crippen LogP contribution in [0.1, 0.15) is 72.0 Å². The van der Waals surface area contributed by atoms with Crippen LogP contribution in [-0.4, -0.2) is 29.3 Å². The van der Waals surface area contributed by atoms with Gasteiger partial charge >= 0.3 is 0 Å². The predicted octanol–water partition coefficient (Wildman–Crippen LogP) is 7.26. The molecule has 0 aliphatic carbocycles. The predicted molar refractivity (Wildman–Crippen MR) is 159 cm³/mol. The van der Waals surface area contributed by atoms with Crippen molar-refractivity contribution in [2.24, 2.45) is 0 Å². The van der Waals surface area contributed by atoms with Crippen molar-refractivity contribution in [3.05, 3.63) is 94.1 Å². The molecule has 0 saturated carbocycles. The minimum atomic E-state index is -0.0587. The maximum atomic E-state index is 12.6. The fourth-order valence-electron chi connectivity index (χ4n) is 4.80. The van der Waals surface area contributed by atoms with Gasteiger partial charge in [-0.1, -0.05) is 52.0 Å². The second kappa shape index (κ2) is 12.5. The highest BCUT2D eigenvalue weighted by Gasteiger charge is 2.25. The van der Waals surface area contributed by atoms with E-state index < -0.39 is 0 Å². The molecule has 0 saturated heterocycles. The largest absolute Gasteiger partial charge is 0.497 e. The number of carbonyl (C=O) groups excluding carboxylic acids is 2. The van der Waals surface area contributed by atoms with Crippen molar-refractivity contribution in [1.82, 2.24) is 9.97 Å². The highest BCUT2D eigenvalue weighted by Crippen LogP contribution is 2.37. The normalized spacial score (nSPS) is 13.1. The quantitative estimate of drug-likeness (QED) is 0.168. The van der Waals surface area contributed by atoms with E-state index >= 15 is 0 Å². The molecule has 0 bridgehead atoms. The van der Waals surface area contributed by atoms with Gasteiger partial charge in [0.1, 0.15) is 5.75 Å². The molecule has 2 aromatic heterocycles. The van der Waals surface area contributed by atoms with Gasteiger partial charge in [-0.15, -0.1) is 0 Å². The molecule has 5 rings (SSSR count). The Labute approximate surface area is 230 Å². The van der Waals surface area contributed by atoms with Crippen molar-refractivity contribution < 1.29 is 14.3 Å². The van der Waals surface area contributed by atoms with Crippen LogP contribution >= 0.6 is 0 Å². The van der Waals surface area contributed by atoms with Gasteiger partial charge in [-0.2, -0.15) is 0 Å². The molecule has 4 aromatic rings. The van der Waals surface area contributed by atoms with E-state index in [1.807, 2.05) is 42.5 Å². The lowest BCUT2D eigenvalue weighted by molar-refractivity contribution is -0.110. The van der Waals surface area contributed by atoms with Crippen molar-refractivity contribution in [3.8, 4) is 16.9 Å². The summed E-state index contributed by atoms with van der Waals surface area (Å²) < 4.78 is 5.22. The van der Waals surface area contributed by atoms with Gasteiger partial charge in [-0.25, -0.2) is 0 Å². The number of H-pyrrole nitrogens is 2. The van der Waals surface area contributed by atoms with Crippen molar-refractivity contribution in [2.75, 3.05) is 12.4 Å². The van der Waals surface area contributed by atoms with E-state index in [0.717, 1.165) is 82.7 Å². The number of aldehydes is 1. The number of nitrogens with one attached hydrogen (secondary N) is 3. The molecule has 3 heterocycles. The molecule has 6 nitrogen and oxygen atoms in total. The zero-order valence-electron chi connectivity index (χ0n) is 23.4. The number of rotatable bonds is 8. The Bertz CT molecular complexity index is 1490. The number of amides is 1. The smallest absolute Gasteiger partial charge is 0.256 e. The SMILES string of the molecule is CCc1cc(CC)c(C=C2C(=O)Nc3cc(-c4ccc(OC)cc4)ccc32)[nH]1.CCc1cc(CC)c(C=O)[nH]1. The summed E-state index contributed by atoms with van der Waals surface area (Å²) in [5.74, 6) is 0.768. The van der Waals surface area contributed by atoms with Crippen LogP contribution in [0.3, 0.4) is 0 Å². The first-order valence-electron chi connectivity index (χ1n) is 13.6. The number of carbonyl (C=O) groups is 2. The van der Waals surface area contributed by atoms with E-state index in [2.05, 4.69) is 61.2 Å². The highest BCUT2D eigenvalue weighted by molar-refractivity contribution is 6.35. The van der Waals surface area contributed by atoms with Crippen LogP contribution in [0.4, 0.5) is 5.69 Å². The monoisotopic (exact) mass is 523 g/mol. The van der Waals surface area contributed by atoms with Crippen LogP contribution in [0, 0.1) is 0 Å². The number of aromatic amines is 2. The molecule has 0 atom stereocenters. The summed E-state index contributed by atoms with van der Waals surface area (Å²) in [5.41, 5.74) is 11.1. The Morgan fingerprint density at radius 3 is 1.87 bits per heavy atom. The minimum Gasteiger partial charge on any atom is -0.497 e. The number of hydrogen-bond donors (Lipinski definition) is 3. The van der Waals surface area contributed by atoms with E-state index in [0.29, 0.717) is 5.57 Å². The summed E-state index contributed by atoms with van der Waals surface area (Å²) in [6.45, 7) is 8.38. The lowest BCUT2D eigenvalue weighted by atomic mass is 9.99. The zero-order chi connectivity index (χ0) is 27.9. The van der Waals surface area contributed by atoms with Crippen LogP contribution < -0.4 is 10.1 Å². The van der Waals surface area contributed by atoms with Gasteiger partial charge in [-0.3, -0.25) is 9.59 Å². The van der Waals surface area contributed by atoms with E-state index in [4.69, 9.17) is 4.74 Å². The molecular weight excluding hydrogens is 486 g/mol. The number of benzene rings is 2. The topological polar surface area (TPSA) is 87.0 Å². The van der Waals surface area contributed by atoms with Gasteiger partial charge < -0.3 is 20.0 Å². The van der Waals surface area contributed by atoms with Crippen molar-refractivity contribution in [1.29, 1.82) is 0 Å². The standard InChI is InChI=1S/C24H24N2O2.C9H13NO/c1-4-15-12-18(5-2)25-22(15)14-21-20-11-8-17(13-23(20)26-24(21)27)16-6-9-19(28-3)10-7-16;1-3-7-5-8(4-2)10-9(7)6-11/h6-14,25H,4-5H2,1-3H3,(H,26,27);5-6,10H,3-4H2,1-2H3. The number of anilines is 1. The summed E-state index contributed by atoms with van der Waals surface area (Å²) in [7, 11) is 1.66. The fourth-order valence-corrected chi connectivity index (χ4v) is 4.80. The first-order valence-corrected chi connectivity index (χ1v) is 13.6. The third-order valence-electron chi connectivity index (χ3n) is 7.14. The summed E-state index contributed by atoms with van der Waals surface area (Å²) in [5, 5.41) is 3.01. The molecule has 3 N–H and O–H groups in total. The maximum Gasteiger partial charge on any atom is 0.256 e. The summed E-state index contributed by atoms with van der Waals surface area (Å²) in [6.07, 6.45) is 6.63. The number of hydrogen-bond acceptors (Lipinski definition) is 3. The molecule has 6 heteroatoms. The van der Waals surface area contributed by atoms with Crippen molar-refractivity contribution in [2.45, 2.75) is 53.4 Å². The summed E-state index contributed by atoms with van der Waals surface area (Å²) >= 11 is 0. The van der Waals surface area contributed by atoms with E-state index in [-0.39, 0.29) is 5.91 Å². The Kier molecular flexibility index (Phi) is 8.87. The van der Waals surface area contributed by atoms with Crippen LogP contribution in [-0.2, 0) is 30.5 Å². The Balaban J connectivity index is 0.000000270. The molecule has 202 valence electrons. The van der Waals surface area contributed by atoms with Gasteiger partial charge in [0, 0.05) is 28.3 Å². The third-order valence-corrected chi connectivity index (χ3v) is 7.14. The maximum absolute atomic E-state index is 12.6. The lowest BCUT2D eigenvalue weighted by Gasteiger charge is -2.06. The first kappa shape index (κ1) is 27.7. The molecular formula is C33H37N3O3. The van der Waals surface area contributed by atoms with E-state index in [9.17, 15) is 9.59 Å². The Morgan fingerprint density at radius 1 is 0.744 bits per heavy atom. The van der Waals surface area contributed by atoms with Crippen molar-refractivity contribution >= 4 is 29.5 Å². The highest BCUT2D eigenvalue weighted by atomic mass is 16.5. The molecule has 1 aliphatic heterocycles. The van der Waals surface area contributed by atoms with E-state index in [1.165, 1.54) is 11.3 Å². The molecule has 1 amide bonds. The van der Waals surface area contributed by atoms with Crippen molar-refractivity contribution in [3.63, 3.8) is 0 Å². The van der Waals surface area contributed by atoms with Gasteiger partial charge in [0.2, 0.25) is 0 Å². The summed E-state index contributed by atoms with van der Waals surface area (Å²) in [6, 6.07) is 18.3. The molecule has 0 fully saturated rings. The summed E-state index contributed by atoms with van der Waals surface area (Å²) in [4.78, 5) is 29.6. The van der Waals surface area contributed by atoms with Crippen LogP contribution in [0.15, 0.2) is 54.6 Å². The van der Waals surface area contributed by atoms with Crippen LogP contribution in [0.2, 0.25) is 0 Å². The third kappa shape index (κ3) is 6.06. The number of ether oxygens (including phenoxy) is 1. The second-order valence-electron chi connectivity index (χ2n) is 9.50. The Hall–Kier alpha value is -4.32. The van der Waals surface area contributed by atoms with Gasteiger partial charge in [0.05, 0.1) is 18.4 Å². The average Bonchev–Trinajstić information content (AvgIpc) is 3.67. The number of aryl methyl sites for hydroxylation is 4. The molecule has 0 unspecified atom stereocenters. The fraction of sp³-hybridized carbons (Fsp3) is 0.273. The molecule has 39 heavy (non-hydrogen) atoms. The average molecular weight is 524 g/mol. The van der Waals surface area contributed by atoms with Gasteiger partial charge in [0.25, 0.3) is 5.91 Å². The number of methoxy groups -OCH3 is 1. The molecule has 0 radical (unpaired) electrons. The number of fused-ring (bicyclic) bond motifs is 1. The lowest BCUT2D eigenvalue weighted by Crippen LogP contribution is -2.03. The molecule has 2 aromatic carbocycles. The molecule has 1 aliphatic rings. The number of aromatic nitrogens is 2. The Morgan fingerprint density at radius 2 is 1.33 bits per heavy atom. The van der Waals surface area contributed by atoms with E-state index in [1.54, 1.807) is 7.11 Å². The van der Waals surface area contributed by atoms with Gasteiger partial charge in [0.15, 0.2) is 6.29 Å². The molecule has 0 spiro atoms. The van der Waals surface area contributed by atoms with Crippen LogP contribution in [0.25, 0.3) is 22.8 Å². The zero-order valence-corrected chi connectivity index (χ0v) is 23.4. The van der Waals surface area contributed by atoms with Gasteiger partial charge in [-0.05, 0) is 84.3 Å². The minimum absolute atomic E-state index is 0.0587. The second-order valence-corrected chi connectivity index (χ2v) is 9.50. The first-order chi connectivity index (χ1) is 18.9.